The minimum Gasteiger partial charge on any atom is -0.171 e. The summed E-state index contributed by atoms with van der Waals surface area (Å²) in [6, 6.07) is 0. The molecule has 0 aromatic carbocycles. The summed E-state index contributed by atoms with van der Waals surface area (Å²) in [5.74, 6) is -1.25. The first-order valence-corrected chi connectivity index (χ1v) is 3.41. The van der Waals surface area contributed by atoms with E-state index in [0.29, 0.717) is 12.8 Å². The molecule has 1 saturated carbocycles. The Kier molecular flexibility index (Phi) is 2.21. The van der Waals surface area contributed by atoms with Crippen molar-refractivity contribution >= 4 is 0 Å². The van der Waals surface area contributed by atoms with Crippen molar-refractivity contribution in [2.45, 2.75) is 31.9 Å². The molecule has 1 atom stereocenters. The van der Waals surface area contributed by atoms with Crippen molar-refractivity contribution in [3.8, 4) is 0 Å². The maximum atomic E-state index is 11.9. The minimum atomic E-state index is -4.04. The molecule has 0 saturated heterocycles. The van der Waals surface area contributed by atoms with Gasteiger partial charge in [-0.25, -0.2) is 0 Å². The van der Waals surface area contributed by atoms with E-state index in [-0.39, 0.29) is 6.42 Å². The lowest BCUT2D eigenvalue weighted by atomic mass is 9.89. The third-order valence-corrected chi connectivity index (χ3v) is 1.71. The molecule has 1 aliphatic rings. The lowest BCUT2D eigenvalue weighted by Gasteiger charge is -2.22. The molecule has 0 nitrogen and oxygen atoms in total. The van der Waals surface area contributed by atoms with Crippen LogP contribution in [0, 0.1) is 12.3 Å². The molecular formula is C7H9F3. The Balaban J connectivity index is 2.39. The first kappa shape index (κ1) is 7.89. The summed E-state index contributed by atoms with van der Waals surface area (Å²) < 4.78 is 35.6. The van der Waals surface area contributed by atoms with Crippen LogP contribution in [0.1, 0.15) is 25.7 Å². The van der Waals surface area contributed by atoms with E-state index in [0.717, 1.165) is 6.42 Å². The topological polar surface area (TPSA) is 0 Å². The van der Waals surface area contributed by atoms with E-state index in [1.54, 1.807) is 0 Å². The standard InChI is InChI=1S/C7H9F3/c8-7(9,10)6-4-2-1-3-5-6/h6H,1-4H2. The fraction of sp³-hybridized carbons (Fsp3) is 0.857. The predicted octanol–water partition coefficient (Wildman–Crippen LogP) is 2.82. The largest absolute Gasteiger partial charge is 0.392 e. The van der Waals surface area contributed by atoms with Crippen molar-refractivity contribution in [2.24, 2.45) is 5.92 Å². The summed E-state index contributed by atoms with van der Waals surface area (Å²) in [5.41, 5.74) is 0. The van der Waals surface area contributed by atoms with Gasteiger partial charge in [-0.3, -0.25) is 0 Å². The molecule has 0 heterocycles. The first-order chi connectivity index (χ1) is 4.61. The highest BCUT2D eigenvalue weighted by Gasteiger charge is 2.39. The van der Waals surface area contributed by atoms with E-state index in [1.807, 2.05) is 0 Å². The van der Waals surface area contributed by atoms with Crippen molar-refractivity contribution in [1.82, 2.24) is 0 Å². The smallest absolute Gasteiger partial charge is 0.171 e. The third-order valence-electron chi connectivity index (χ3n) is 1.71. The van der Waals surface area contributed by atoms with Gasteiger partial charge in [-0.05, 0) is 19.3 Å². The normalized spacial score (nSPS) is 23.1. The van der Waals surface area contributed by atoms with Crippen LogP contribution in [-0.4, -0.2) is 6.18 Å². The van der Waals surface area contributed by atoms with Gasteiger partial charge in [-0.1, -0.05) is 12.8 Å². The second-order valence-corrected chi connectivity index (χ2v) is 2.54. The summed E-state index contributed by atoms with van der Waals surface area (Å²) in [5, 5.41) is 0. The monoisotopic (exact) mass is 150 g/mol. The van der Waals surface area contributed by atoms with Gasteiger partial charge in [0, 0.05) is 0 Å². The Morgan fingerprint density at radius 2 is 1.90 bits per heavy atom. The number of rotatable bonds is 0. The second kappa shape index (κ2) is 2.81. The number of alkyl halides is 3. The summed E-state index contributed by atoms with van der Waals surface area (Å²) in [4.78, 5) is 0. The Bertz CT molecular complexity index is 99.9. The summed E-state index contributed by atoms with van der Waals surface area (Å²) in [6.45, 7) is 0. The van der Waals surface area contributed by atoms with Crippen LogP contribution in [0.2, 0.25) is 0 Å². The molecule has 0 amide bonds. The molecule has 2 radical (unpaired) electrons. The quantitative estimate of drug-likeness (QED) is 0.498. The van der Waals surface area contributed by atoms with Gasteiger partial charge in [-0.15, -0.1) is 0 Å². The van der Waals surface area contributed by atoms with Crippen LogP contribution in [0.3, 0.4) is 0 Å². The highest BCUT2D eigenvalue weighted by molar-refractivity contribution is 4.85. The molecule has 0 aromatic rings. The first-order valence-electron chi connectivity index (χ1n) is 3.41. The Morgan fingerprint density at radius 3 is 2.20 bits per heavy atom. The van der Waals surface area contributed by atoms with Gasteiger partial charge >= 0.3 is 6.18 Å². The summed E-state index contributed by atoms with van der Waals surface area (Å²) in [6.07, 6.45) is 0.696. The molecule has 0 aromatic heterocycles. The van der Waals surface area contributed by atoms with Crippen LogP contribution < -0.4 is 0 Å². The van der Waals surface area contributed by atoms with E-state index in [1.165, 1.54) is 0 Å². The third kappa shape index (κ3) is 1.89. The van der Waals surface area contributed by atoms with Crippen LogP contribution >= 0.6 is 0 Å². The van der Waals surface area contributed by atoms with Gasteiger partial charge in [0.25, 0.3) is 0 Å². The minimum absolute atomic E-state index is 0.240. The molecule has 1 aliphatic carbocycles. The lowest BCUT2D eigenvalue weighted by molar-refractivity contribution is -0.169. The zero-order valence-electron chi connectivity index (χ0n) is 5.54. The van der Waals surface area contributed by atoms with Gasteiger partial charge < -0.3 is 0 Å². The number of hydrogen-bond donors (Lipinski definition) is 0. The molecule has 0 spiro atoms. The van der Waals surface area contributed by atoms with E-state index in [9.17, 15) is 13.2 Å². The second-order valence-electron chi connectivity index (χ2n) is 2.54. The van der Waals surface area contributed by atoms with Gasteiger partial charge in [-0.2, -0.15) is 13.2 Å². The molecule has 0 bridgehead atoms. The fourth-order valence-electron chi connectivity index (χ4n) is 1.13. The number of hydrogen-bond acceptors (Lipinski definition) is 0. The van der Waals surface area contributed by atoms with Crippen molar-refractivity contribution in [2.75, 3.05) is 0 Å². The average molecular weight is 150 g/mol. The molecule has 3 heteroatoms. The van der Waals surface area contributed by atoms with Gasteiger partial charge in [0.05, 0.1) is 5.92 Å². The molecule has 1 unspecified atom stereocenters. The van der Waals surface area contributed by atoms with Gasteiger partial charge in [0.1, 0.15) is 0 Å². The van der Waals surface area contributed by atoms with E-state index in [4.69, 9.17) is 0 Å². The number of halogens is 3. The summed E-state index contributed by atoms with van der Waals surface area (Å²) in [7, 11) is 0. The fourth-order valence-corrected chi connectivity index (χ4v) is 1.13. The molecule has 0 aliphatic heterocycles. The van der Waals surface area contributed by atoms with Crippen molar-refractivity contribution in [3.63, 3.8) is 0 Å². The molecule has 1 fully saturated rings. The van der Waals surface area contributed by atoms with Crippen LogP contribution in [0.4, 0.5) is 13.2 Å². The van der Waals surface area contributed by atoms with Crippen LogP contribution in [0.5, 0.6) is 0 Å². The Hall–Kier alpha value is -0.210. The van der Waals surface area contributed by atoms with Gasteiger partial charge in [0.2, 0.25) is 0 Å². The Morgan fingerprint density at radius 1 is 1.20 bits per heavy atom. The van der Waals surface area contributed by atoms with Crippen molar-refractivity contribution in [1.29, 1.82) is 0 Å². The van der Waals surface area contributed by atoms with Crippen molar-refractivity contribution < 1.29 is 13.2 Å². The van der Waals surface area contributed by atoms with Crippen LogP contribution in [0.15, 0.2) is 0 Å². The zero-order valence-corrected chi connectivity index (χ0v) is 5.54. The van der Waals surface area contributed by atoms with Crippen LogP contribution in [0.25, 0.3) is 0 Å². The molecule has 58 valence electrons. The lowest BCUT2D eigenvalue weighted by Crippen LogP contribution is -2.25. The Labute approximate surface area is 58.4 Å². The summed E-state index contributed by atoms with van der Waals surface area (Å²) >= 11 is 0. The van der Waals surface area contributed by atoms with Crippen molar-refractivity contribution in [3.05, 3.63) is 6.42 Å². The highest BCUT2D eigenvalue weighted by Crippen LogP contribution is 2.36. The van der Waals surface area contributed by atoms with E-state index in [2.05, 4.69) is 6.42 Å². The zero-order chi connectivity index (χ0) is 7.61. The molecule has 0 N–H and O–H groups in total. The van der Waals surface area contributed by atoms with Gasteiger partial charge in [0.15, 0.2) is 0 Å². The highest BCUT2D eigenvalue weighted by atomic mass is 19.4. The molecule has 1 rings (SSSR count). The SMILES string of the molecule is FC(F)(F)C1[C]CCCC1. The molecular weight excluding hydrogens is 141 g/mol. The van der Waals surface area contributed by atoms with E-state index >= 15 is 0 Å². The predicted molar refractivity (Wildman–Crippen MR) is 31.3 cm³/mol. The maximum absolute atomic E-state index is 11.9. The van der Waals surface area contributed by atoms with E-state index < -0.39 is 12.1 Å². The molecule has 10 heavy (non-hydrogen) atoms. The maximum Gasteiger partial charge on any atom is 0.392 e. The average Bonchev–Trinajstić information content (AvgIpc) is 1.88. The van der Waals surface area contributed by atoms with Crippen LogP contribution in [-0.2, 0) is 0 Å².